The summed E-state index contributed by atoms with van der Waals surface area (Å²) in [5.74, 6) is 0. The topological polar surface area (TPSA) is 32.3 Å². The van der Waals surface area contributed by atoms with Gasteiger partial charge in [-0.3, -0.25) is 19.8 Å². The van der Waals surface area contributed by atoms with E-state index >= 15 is 0 Å². The number of nitrogens with zero attached hydrogens (tertiary/aromatic N) is 4. The summed E-state index contributed by atoms with van der Waals surface area (Å²) in [6.07, 6.45) is 1.81. The molecule has 2 atom stereocenters. The molecule has 2 unspecified atom stereocenters. The number of hydrogen-bond acceptors (Lipinski definition) is 4. The summed E-state index contributed by atoms with van der Waals surface area (Å²) in [7, 11) is 0. The molecule has 0 N–H and O–H groups in total. The van der Waals surface area contributed by atoms with Crippen LogP contribution in [0.3, 0.4) is 0 Å². The van der Waals surface area contributed by atoms with Gasteiger partial charge in [-0.2, -0.15) is 13.2 Å². The molecule has 0 spiro atoms. The van der Waals surface area contributed by atoms with E-state index in [0.717, 1.165) is 35.7 Å². The van der Waals surface area contributed by atoms with Crippen molar-refractivity contribution in [3.05, 3.63) is 58.1 Å². The predicted molar refractivity (Wildman–Crippen MR) is 94.2 cm³/mol. The molecule has 3 aliphatic rings. The Bertz CT molecular complexity index is 769. The van der Waals surface area contributed by atoms with E-state index in [4.69, 9.17) is 0 Å². The summed E-state index contributed by atoms with van der Waals surface area (Å²) in [6, 6.07) is 5.67. The highest BCUT2D eigenvalue weighted by atomic mass is 79.9. The molecule has 0 aliphatic carbocycles. The largest absolute Gasteiger partial charge is 0.433 e. The molecule has 3 saturated heterocycles. The van der Waals surface area contributed by atoms with Crippen molar-refractivity contribution in [3.8, 4) is 0 Å². The van der Waals surface area contributed by atoms with Crippen molar-refractivity contribution in [2.75, 3.05) is 13.1 Å². The number of rotatable bonds is 4. The Hall–Kier alpha value is -1.51. The van der Waals surface area contributed by atoms with E-state index in [1.807, 2.05) is 6.20 Å². The van der Waals surface area contributed by atoms with Crippen LogP contribution in [0.4, 0.5) is 13.2 Å². The summed E-state index contributed by atoms with van der Waals surface area (Å²) in [5.41, 5.74) is 1.17. The van der Waals surface area contributed by atoms with Crippen LogP contribution in [0, 0.1) is 0 Å². The number of aromatic nitrogens is 2. The highest BCUT2D eigenvalue weighted by Crippen LogP contribution is 2.34. The molecule has 138 valence electrons. The number of hydrogen-bond donors (Lipinski definition) is 0. The Morgan fingerprint density at radius 3 is 2.42 bits per heavy atom. The van der Waals surface area contributed by atoms with E-state index in [0.29, 0.717) is 18.6 Å². The van der Waals surface area contributed by atoms with E-state index in [-0.39, 0.29) is 0 Å². The van der Waals surface area contributed by atoms with Crippen molar-refractivity contribution >= 4 is 15.9 Å². The zero-order chi connectivity index (χ0) is 18.3. The van der Waals surface area contributed by atoms with Crippen LogP contribution in [0.2, 0.25) is 0 Å². The fraction of sp³-hybridized carbons (Fsp3) is 0.444. The van der Waals surface area contributed by atoms with Gasteiger partial charge in [-0.05, 0) is 45.6 Å². The molecule has 2 aromatic rings. The monoisotopic (exact) mass is 426 g/mol. The maximum absolute atomic E-state index is 12.6. The van der Waals surface area contributed by atoms with Crippen LogP contribution >= 0.6 is 15.9 Å². The van der Waals surface area contributed by atoms with Crippen LogP contribution in [0.15, 0.2) is 41.3 Å². The van der Waals surface area contributed by atoms with Gasteiger partial charge in [0.2, 0.25) is 0 Å². The summed E-state index contributed by atoms with van der Waals surface area (Å²) in [6.45, 7) is 3.39. The minimum absolute atomic E-state index is 0.495. The van der Waals surface area contributed by atoms with E-state index < -0.39 is 11.9 Å². The summed E-state index contributed by atoms with van der Waals surface area (Å²) >= 11 is 3.45. The van der Waals surface area contributed by atoms with E-state index in [1.54, 1.807) is 6.20 Å². The number of pyridine rings is 2. The second kappa shape index (κ2) is 6.90. The molecule has 3 fully saturated rings. The van der Waals surface area contributed by atoms with Crippen LogP contribution in [0.25, 0.3) is 0 Å². The minimum atomic E-state index is -4.38. The average Bonchev–Trinajstić information content (AvgIpc) is 2.59. The maximum atomic E-state index is 12.6. The lowest BCUT2D eigenvalue weighted by molar-refractivity contribution is -0.141. The van der Waals surface area contributed by atoms with Crippen molar-refractivity contribution < 1.29 is 13.2 Å². The van der Waals surface area contributed by atoms with Crippen molar-refractivity contribution in [3.63, 3.8) is 0 Å². The van der Waals surface area contributed by atoms with Gasteiger partial charge in [0.1, 0.15) is 5.69 Å². The van der Waals surface area contributed by atoms with E-state index in [9.17, 15) is 13.2 Å². The fourth-order valence-corrected chi connectivity index (χ4v) is 4.27. The number of alkyl halides is 3. The first kappa shape index (κ1) is 17.9. The lowest BCUT2D eigenvalue weighted by Crippen LogP contribution is -2.67. The third-order valence-electron chi connectivity index (χ3n) is 5.07. The van der Waals surface area contributed by atoms with Gasteiger partial charge in [0.15, 0.2) is 0 Å². The molecule has 2 aromatic heterocycles. The molecule has 3 aliphatic heterocycles. The third-order valence-corrected chi connectivity index (χ3v) is 5.50. The first-order valence-corrected chi connectivity index (χ1v) is 9.27. The molecule has 8 heteroatoms. The summed E-state index contributed by atoms with van der Waals surface area (Å²) in [4.78, 5) is 12.6. The summed E-state index contributed by atoms with van der Waals surface area (Å²) < 4.78 is 38.8. The highest BCUT2D eigenvalue weighted by Gasteiger charge is 2.44. The Labute approximate surface area is 158 Å². The molecule has 5 rings (SSSR count). The van der Waals surface area contributed by atoms with Gasteiger partial charge >= 0.3 is 6.18 Å². The van der Waals surface area contributed by atoms with Gasteiger partial charge in [0, 0.05) is 61.3 Å². The van der Waals surface area contributed by atoms with Crippen LogP contribution in [0.5, 0.6) is 0 Å². The molecule has 0 saturated carbocycles. The van der Waals surface area contributed by atoms with Crippen molar-refractivity contribution in [1.82, 2.24) is 19.8 Å². The Balaban J connectivity index is 1.34. The van der Waals surface area contributed by atoms with Gasteiger partial charge in [-0.25, -0.2) is 0 Å². The van der Waals surface area contributed by atoms with Crippen LogP contribution in [-0.4, -0.2) is 44.9 Å². The molecule has 26 heavy (non-hydrogen) atoms. The average molecular weight is 427 g/mol. The quantitative estimate of drug-likeness (QED) is 0.745. The minimum Gasteiger partial charge on any atom is -0.296 e. The Morgan fingerprint density at radius 1 is 1.04 bits per heavy atom. The van der Waals surface area contributed by atoms with Crippen molar-refractivity contribution in [1.29, 1.82) is 0 Å². The Kier molecular flexibility index (Phi) is 4.75. The SMILES string of the molecule is FC(F)(F)c1ccc(CN2CC3CC(C2)N3Cc2cncc(Br)c2)cn1. The molecule has 4 nitrogen and oxygen atoms in total. The molecule has 0 aromatic carbocycles. The van der Waals surface area contributed by atoms with Crippen LogP contribution in [0.1, 0.15) is 23.2 Å². The van der Waals surface area contributed by atoms with Crippen LogP contribution < -0.4 is 0 Å². The Morgan fingerprint density at radius 2 is 1.81 bits per heavy atom. The highest BCUT2D eigenvalue weighted by molar-refractivity contribution is 9.10. The van der Waals surface area contributed by atoms with Gasteiger partial charge in [0.05, 0.1) is 0 Å². The fourth-order valence-electron chi connectivity index (χ4n) is 3.86. The first-order chi connectivity index (χ1) is 12.4. The number of piperazine rings is 1. The van der Waals surface area contributed by atoms with Gasteiger partial charge in [-0.1, -0.05) is 6.07 Å². The van der Waals surface area contributed by atoms with E-state index in [2.05, 4.69) is 41.8 Å². The van der Waals surface area contributed by atoms with Crippen molar-refractivity contribution in [2.45, 2.75) is 37.8 Å². The molecule has 2 bridgehead atoms. The molecule has 0 amide bonds. The normalized spacial score (nSPS) is 23.7. The van der Waals surface area contributed by atoms with Crippen LogP contribution in [-0.2, 0) is 19.3 Å². The van der Waals surface area contributed by atoms with Gasteiger partial charge < -0.3 is 0 Å². The van der Waals surface area contributed by atoms with E-state index in [1.165, 1.54) is 24.2 Å². The third kappa shape index (κ3) is 3.77. The smallest absolute Gasteiger partial charge is 0.296 e. The standard InChI is InChI=1S/C18H18BrF3N4/c19-14-3-13(5-23-7-14)9-26-15-4-16(26)11-25(10-15)8-12-1-2-17(24-6-12)18(20,21)22/h1-3,5-7,15-16H,4,8-11H2. The van der Waals surface area contributed by atoms with Gasteiger partial charge in [-0.15, -0.1) is 0 Å². The van der Waals surface area contributed by atoms with Crippen molar-refractivity contribution in [2.24, 2.45) is 0 Å². The zero-order valence-electron chi connectivity index (χ0n) is 14.0. The summed E-state index contributed by atoms with van der Waals surface area (Å²) in [5, 5.41) is 0. The number of piperidine rings is 1. The lowest BCUT2D eigenvalue weighted by atomic mass is 9.86. The maximum Gasteiger partial charge on any atom is 0.433 e. The molecule has 0 radical (unpaired) electrons. The molecule has 5 heterocycles. The number of halogens is 4. The predicted octanol–water partition coefficient (Wildman–Crippen LogP) is 3.72. The van der Waals surface area contributed by atoms with Gasteiger partial charge in [0.25, 0.3) is 0 Å². The second-order valence-corrected chi connectivity index (χ2v) is 7.89. The molecular weight excluding hydrogens is 409 g/mol. The molecular formula is C18H18BrF3N4. The zero-order valence-corrected chi connectivity index (χ0v) is 15.5. The number of fused-ring (bicyclic) bond motifs is 2. The lowest BCUT2D eigenvalue weighted by Gasteiger charge is -2.56. The second-order valence-electron chi connectivity index (χ2n) is 6.97. The first-order valence-electron chi connectivity index (χ1n) is 8.48.